The van der Waals surface area contributed by atoms with Gasteiger partial charge in [0.15, 0.2) is 0 Å². The summed E-state index contributed by atoms with van der Waals surface area (Å²) < 4.78 is 0. The van der Waals surface area contributed by atoms with Crippen LogP contribution in [0.25, 0.3) is 0 Å². The van der Waals surface area contributed by atoms with Crippen molar-refractivity contribution in [1.82, 2.24) is 0 Å². The molecule has 162 valence electrons. The Kier molecular flexibility index (Phi) is 23.5. The van der Waals surface area contributed by atoms with E-state index in [0.29, 0.717) is 0 Å². The second-order valence-corrected chi connectivity index (χ2v) is 8.56. The summed E-state index contributed by atoms with van der Waals surface area (Å²) >= 11 is 0. The molecule has 0 spiro atoms. The van der Waals surface area contributed by atoms with Crippen LogP contribution >= 0.6 is 0 Å². The smallest absolute Gasteiger partial charge is 0.0537 e. The van der Waals surface area contributed by atoms with Gasteiger partial charge in [-0.25, -0.2) is 0 Å². The van der Waals surface area contributed by atoms with Crippen molar-refractivity contribution in [3.63, 3.8) is 0 Å². The van der Waals surface area contributed by atoms with Crippen LogP contribution < -0.4 is 0 Å². The Balaban J connectivity index is 3.07. The van der Waals surface area contributed by atoms with Crippen molar-refractivity contribution in [2.24, 2.45) is 0 Å². The van der Waals surface area contributed by atoms with Gasteiger partial charge in [0, 0.05) is 0 Å². The van der Waals surface area contributed by atoms with Crippen LogP contribution in [0.1, 0.15) is 149 Å². The maximum atomic E-state index is 9.51. The van der Waals surface area contributed by atoms with Crippen molar-refractivity contribution in [2.45, 2.75) is 155 Å². The van der Waals surface area contributed by atoms with Crippen LogP contribution in [0.15, 0.2) is 12.2 Å². The highest BCUT2D eigenvalue weighted by Crippen LogP contribution is 2.14. The van der Waals surface area contributed by atoms with Crippen LogP contribution in [0.2, 0.25) is 0 Å². The van der Waals surface area contributed by atoms with E-state index in [1.807, 2.05) is 0 Å². The minimum Gasteiger partial charge on any atom is -0.393 e. The maximum absolute atomic E-state index is 9.51. The van der Waals surface area contributed by atoms with Crippen LogP contribution in [0.3, 0.4) is 0 Å². The predicted molar refractivity (Wildman–Crippen MR) is 123 cm³/mol. The minimum absolute atomic E-state index is 0.0548. The molecule has 0 saturated carbocycles. The molecular formula is C26H52O. The largest absolute Gasteiger partial charge is 0.393 e. The normalized spacial score (nSPS) is 12.9. The third-order valence-corrected chi connectivity index (χ3v) is 5.77. The lowest BCUT2D eigenvalue weighted by molar-refractivity contribution is 0.156. The van der Waals surface area contributed by atoms with E-state index in [1.165, 1.54) is 122 Å². The second-order valence-electron chi connectivity index (χ2n) is 8.56. The number of aliphatic hydroxyl groups excluding tert-OH is 1. The number of allylic oxidation sites excluding steroid dienone is 2. The van der Waals surface area contributed by atoms with E-state index < -0.39 is 0 Å². The van der Waals surface area contributed by atoms with Gasteiger partial charge < -0.3 is 5.11 Å². The van der Waals surface area contributed by atoms with Crippen LogP contribution in [-0.2, 0) is 0 Å². The zero-order valence-electron chi connectivity index (χ0n) is 19.0. The van der Waals surface area contributed by atoms with E-state index in [9.17, 15) is 5.11 Å². The molecule has 0 aromatic heterocycles. The number of rotatable bonds is 22. The third-order valence-electron chi connectivity index (χ3n) is 5.77. The molecule has 0 amide bonds. The molecule has 0 aliphatic rings. The fourth-order valence-corrected chi connectivity index (χ4v) is 3.72. The average Bonchev–Trinajstić information content (AvgIpc) is 2.68. The molecule has 1 N–H and O–H groups in total. The summed E-state index contributed by atoms with van der Waals surface area (Å²) in [7, 11) is 0. The van der Waals surface area contributed by atoms with Gasteiger partial charge in [-0.05, 0) is 38.5 Å². The Labute approximate surface area is 172 Å². The molecule has 0 fully saturated rings. The highest BCUT2D eigenvalue weighted by atomic mass is 16.3. The van der Waals surface area contributed by atoms with E-state index in [0.717, 1.165) is 12.8 Å². The lowest BCUT2D eigenvalue weighted by Crippen LogP contribution is -2.03. The Bertz CT molecular complexity index is 284. The zero-order valence-corrected chi connectivity index (χ0v) is 19.0. The molecule has 1 atom stereocenters. The Morgan fingerprint density at radius 3 is 1.30 bits per heavy atom. The van der Waals surface area contributed by atoms with Crippen LogP contribution in [0.4, 0.5) is 0 Å². The second kappa shape index (κ2) is 23.7. The molecule has 1 nitrogen and oxygen atoms in total. The first-order valence-corrected chi connectivity index (χ1v) is 12.6. The SMILES string of the molecule is CCCCCCCCC=CCCCCCCCCCCCCCC(O)CC. The van der Waals surface area contributed by atoms with Gasteiger partial charge in [0.1, 0.15) is 0 Å². The summed E-state index contributed by atoms with van der Waals surface area (Å²) in [5.74, 6) is 0. The molecule has 0 radical (unpaired) electrons. The maximum Gasteiger partial charge on any atom is 0.0537 e. The highest BCUT2D eigenvalue weighted by Gasteiger charge is 1.99. The zero-order chi connectivity index (χ0) is 19.8. The molecule has 0 aromatic rings. The van der Waals surface area contributed by atoms with Crippen molar-refractivity contribution in [2.75, 3.05) is 0 Å². The minimum atomic E-state index is -0.0548. The lowest BCUT2D eigenvalue weighted by Gasteiger charge is -2.06. The quantitative estimate of drug-likeness (QED) is 0.147. The fourth-order valence-electron chi connectivity index (χ4n) is 3.72. The van der Waals surface area contributed by atoms with Crippen molar-refractivity contribution in [3.8, 4) is 0 Å². The van der Waals surface area contributed by atoms with Crippen molar-refractivity contribution in [3.05, 3.63) is 12.2 Å². The summed E-state index contributed by atoms with van der Waals surface area (Å²) in [6, 6.07) is 0. The molecule has 0 heterocycles. The van der Waals surface area contributed by atoms with Crippen LogP contribution in [0, 0.1) is 0 Å². The van der Waals surface area contributed by atoms with E-state index in [2.05, 4.69) is 26.0 Å². The van der Waals surface area contributed by atoms with Gasteiger partial charge >= 0.3 is 0 Å². The summed E-state index contributed by atoms with van der Waals surface area (Å²) in [6.45, 7) is 4.35. The van der Waals surface area contributed by atoms with Gasteiger partial charge in [-0.15, -0.1) is 0 Å². The number of hydrogen-bond donors (Lipinski definition) is 1. The number of hydrogen-bond acceptors (Lipinski definition) is 1. The molecule has 1 unspecified atom stereocenters. The molecule has 0 aromatic carbocycles. The molecular weight excluding hydrogens is 328 g/mol. The van der Waals surface area contributed by atoms with Crippen molar-refractivity contribution in [1.29, 1.82) is 0 Å². The van der Waals surface area contributed by atoms with Gasteiger partial charge in [0.25, 0.3) is 0 Å². The Morgan fingerprint density at radius 1 is 0.519 bits per heavy atom. The number of unbranched alkanes of at least 4 members (excludes halogenated alkanes) is 17. The monoisotopic (exact) mass is 380 g/mol. The van der Waals surface area contributed by atoms with Gasteiger partial charge in [-0.3, -0.25) is 0 Å². The van der Waals surface area contributed by atoms with E-state index in [4.69, 9.17) is 0 Å². The van der Waals surface area contributed by atoms with E-state index >= 15 is 0 Å². The lowest BCUT2D eigenvalue weighted by atomic mass is 10.0. The van der Waals surface area contributed by atoms with Gasteiger partial charge in [-0.1, -0.05) is 122 Å². The molecule has 0 bridgehead atoms. The van der Waals surface area contributed by atoms with Crippen molar-refractivity contribution < 1.29 is 5.11 Å². The first-order chi connectivity index (χ1) is 13.3. The molecule has 27 heavy (non-hydrogen) atoms. The first kappa shape index (κ1) is 26.7. The molecule has 0 aliphatic heterocycles. The number of aliphatic hydroxyl groups is 1. The highest BCUT2D eigenvalue weighted by molar-refractivity contribution is 4.81. The molecule has 0 aliphatic carbocycles. The average molecular weight is 381 g/mol. The summed E-state index contributed by atoms with van der Waals surface area (Å²) in [5, 5.41) is 9.51. The van der Waals surface area contributed by atoms with E-state index in [-0.39, 0.29) is 6.10 Å². The Morgan fingerprint density at radius 2 is 0.889 bits per heavy atom. The van der Waals surface area contributed by atoms with Crippen molar-refractivity contribution >= 4 is 0 Å². The van der Waals surface area contributed by atoms with Gasteiger partial charge in [0.05, 0.1) is 6.10 Å². The summed E-state index contributed by atoms with van der Waals surface area (Å²) in [6.07, 6.45) is 33.0. The standard InChI is InChI=1S/C26H52O/c1-3-5-6-7-8-9-10-11-12-13-14-15-16-17-18-19-20-21-22-23-24-25-26(27)4-2/h11-12,26-27H,3-10,13-25H2,1-2H3. The topological polar surface area (TPSA) is 20.2 Å². The van der Waals surface area contributed by atoms with Gasteiger partial charge in [-0.2, -0.15) is 0 Å². The van der Waals surface area contributed by atoms with E-state index in [1.54, 1.807) is 0 Å². The van der Waals surface area contributed by atoms with Crippen LogP contribution in [0.5, 0.6) is 0 Å². The van der Waals surface area contributed by atoms with Gasteiger partial charge in [0.2, 0.25) is 0 Å². The Hall–Kier alpha value is -0.300. The summed E-state index contributed by atoms with van der Waals surface area (Å²) in [4.78, 5) is 0. The predicted octanol–water partition coefficient (Wildman–Crippen LogP) is 9.14. The molecule has 1 heteroatoms. The fraction of sp³-hybridized carbons (Fsp3) is 0.923. The third kappa shape index (κ3) is 23.7. The molecule has 0 rings (SSSR count). The molecule has 0 saturated heterocycles. The van der Waals surface area contributed by atoms with Crippen LogP contribution in [-0.4, -0.2) is 11.2 Å². The summed E-state index contributed by atoms with van der Waals surface area (Å²) in [5.41, 5.74) is 0. The first-order valence-electron chi connectivity index (χ1n) is 12.6.